The molecule has 0 bridgehead atoms. The molecule has 2 saturated carbocycles. The highest BCUT2D eigenvalue weighted by atomic mass is 16.5. The zero-order valence-corrected chi connectivity index (χ0v) is 21.6. The summed E-state index contributed by atoms with van der Waals surface area (Å²) < 4.78 is 5.72. The molecule has 8 atom stereocenters. The average Bonchev–Trinajstić information content (AvgIpc) is 2.86. The van der Waals surface area contributed by atoms with Crippen molar-refractivity contribution in [2.45, 2.75) is 43.9 Å². The van der Waals surface area contributed by atoms with Crippen molar-refractivity contribution >= 4 is 40.7 Å². The Hall–Kier alpha value is -4.22. The Morgan fingerprint density at radius 2 is 1.85 bits per heavy atom. The molecule has 14 heteroatoms. The number of phenols is 1. The van der Waals surface area contributed by atoms with Crippen LogP contribution in [-0.2, 0) is 28.7 Å². The van der Waals surface area contributed by atoms with Gasteiger partial charge in [0.05, 0.1) is 23.4 Å². The molecule has 39 heavy (non-hydrogen) atoms. The van der Waals surface area contributed by atoms with E-state index in [4.69, 9.17) is 15.9 Å². The van der Waals surface area contributed by atoms with Crippen LogP contribution in [0.4, 0.5) is 5.69 Å². The molecule has 2 unspecified atom stereocenters. The molecule has 2 fully saturated rings. The normalized spacial score (nSPS) is 33.5. The van der Waals surface area contributed by atoms with Gasteiger partial charge in [-0.2, -0.15) is 0 Å². The highest BCUT2D eigenvalue weighted by molar-refractivity contribution is 6.32. The summed E-state index contributed by atoms with van der Waals surface area (Å²) in [5, 5.41) is 34.3. The molecular weight excluding hydrogens is 514 g/mol. The minimum absolute atomic E-state index is 0.134. The summed E-state index contributed by atoms with van der Waals surface area (Å²) in [7, 11) is 2.85. The van der Waals surface area contributed by atoms with Crippen molar-refractivity contribution in [3.63, 3.8) is 0 Å². The van der Waals surface area contributed by atoms with E-state index in [1.165, 1.54) is 38.1 Å². The van der Waals surface area contributed by atoms with E-state index in [0.29, 0.717) is 0 Å². The van der Waals surface area contributed by atoms with Gasteiger partial charge in [0.1, 0.15) is 6.10 Å². The molecule has 0 saturated heterocycles. The fraction of sp³-hybridized carbons (Fsp3) is 0.520. The van der Waals surface area contributed by atoms with Gasteiger partial charge in [-0.3, -0.25) is 33.7 Å². The largest absolute Gasteiger partial charge is 0.505 e. The number of primary amides is 1. The van der Waals surface area contributed by atoms with Crippen molar-refractivity contribution in [3.05, 3.63) is 28.3 Å². The maximum Gasteiger partial charge on any atom is 0.308 e. The molecule has 3 aliphatic rings. The second kappa shape index (κ2) is 9.51. The number of Topliss-reactive ketones (excluding diaryl/α,β-unsaturated/α-hetero) is 4. The number of likely N-dealkylation sites (N-methyl/N-ethyl adjacent to an activating group) is 1. The third kappa shape index (κ3) is 3.72. The van der Waals surface area contributed by atoms with E-state index < -0.39 is 88.1 Å². The molecule has 4 rings (SSSR count). The lowest BCUT2D eigenvalue weighted by Gasteiger charge is -2.56. The van der Waals surface area contributed by atoms with E-state index in [1.807, 2.05) is 0 Å². The number of hydrogen-bond donors (Lipinski definition) is 4. The third-order valence-corrected chi connectivity index (χ3v) is 8.19. The number of benzene rings is 1. The number of hydrogen-bond acceptors (Lipinski definition) is 12. The molecule has 0 heterocycles. The Labute approximate surface area is 222 Å². The monoisotopic (exact) mass is 542 g/mol. The van der Waals surface area contributed by atoms with Crippen LogP contribution in [0.5, 0.6) is 5.75 Å². The molecule has 0 aliphatic heterocycles. The average molecular weight is 543 g/mol. The number of nitrogens with two attached hydrogens (primary N) is 1. The number of ether oxygens (including phenoxy) is 1. The first-order chi connectivity index (χ1) is 18.2. The predicted molar refractivity (Wildman–Crippen MR) is 130 cm³/mol. The van der Waals surface area contributed by atoms with Crippen LogP contribution in [0.15, 0.2) is 12.1 Å². The maximum atomic E-state index is 14.1. The quantitative estimate of drug-likeness (QED) is 0.122. The van der Waals surface area contributed by atoms with Crippen LogP contribution in [-0.4, -0.2) is 82.0 Å². The van der Waals surface area contributed by atoms with E-state index >= 15 is 0 Å². The predicted octanol–water partition coefficient (Wildman–Crippen LogP) is -0.460. The van der Waals surface area contributed by atoms with Crippen LogP contribution < -0.4 is 11.2 Å². The van der Waals surface area contributed by atoms with Gasteiger partial charge in [-0.05, 0) is 37.1 Å². The third-order valence-electron chi connectivity index (χ3n) is 8.19. The summed E-state index contributed by atoms with van der Waals surface area (Å²) >= 11 is 0. The number of phenolic OH excluding ortho intramolecular Hbond substituents is 1. The second-order valence-corrected chi connectivity index (χ2v) is 10.3. The van der Waals surface area contributed by atoms with Crippen molar-refractivity contribution in [2.24, 2.45) is 29.4 Å². The number of nitrogens with one attached hydrogen (secondary N) is 1. The molecule has 0 radical (unpaired) electrons. The zero-order valence-electron chi connectivity index (χ0n) is 21.6. The second-order valence-electron chi connectivity index (χ2n) is 10.3. The number of carbonyl (C=O) groups excluding carboxylic acids is 6. The van der Waals surface area contributed by atoms with Crippen molar-refractivity contribution < 1.29 is 43.7 Å². The first-order valence-electron chi connectivity index (χ1n) is 12.3. The fourth-order valence-electron chi connectivity index (χ4n) is 6.49. The summed E-state index contributed by atoms with van der Waals surface area (Å²) in [4.78, 5) is 81.0. The number of amides is 1. The van der Waals surface area contributed by atoms with Gasteiger partial charge in [0.25, 0.3) is 5.39 Å². The number of fused-ring (bicyclic) bond motifs is 3. The molecule has 14 nitrogen and oxygen atoms in total. The molecule has 0 spiro atoms. The van der Waals surface area contributed by atoms with Crippen LogP contribution in [0.25, 0.3) is 5.08 Å². The van der Waals surface area contributed by atoms with Crippen molar-refractivity contribution in [2.75, 3.05) is 19.5 Å². The number of aromatic hydroxyl groups is 1. The zero-order chi connectivity index (χ0) is 29.1. The molecule has 1 aromatic carbocycles. The van der Waals surface area contributed by atoms with Crippen molar-refractivity contribution in [3.8, 4) is 5.75 Å². The summed E-state index contributed by atoms with van der Waals surface area (Å²) in [5.74, 6) is -15.1. The van der Waals surface area contributed by atoms with E-state index in [-0.39, 0.29) is 23.2 Å². The molecule has 206 valence electrons. The van der Waals surface area contributed by atoms with Gasteiger partial charge in [-0.15, -0.1) is 0 Å². The first kappa shape index (κ1) is 27.8. The first-order valence-corrected chi connectivity index (χ1v) is 12.3. The number of esters is 1. The summed E-state index contributed by atoms with van der Waals surface area (Å²) in [6, 6.07) is 1.33. The van der Waals surface area contributed by atoms with Crippen LogP contribution in [0.2, 0.25) is 0 Å². The molecule has 5 N–H and O–H groups in total. The maximum absolute atomic E-state index is 14.1. The minimum atomic E-state index is -3.10. The van der Waals surface area contributed by atoms with Crippen LogP contribution >= 0.6 is 0 Å². The van der Waals surface area contributed by atoms with E-state index in [1.54, 1.807) is 6.92 Å². The lowest BCUT2D eigenvalue weighted by atomic mass is 9.49. The molecular formula is C25H28N5O9+. The Morgan fingerprint density at radius 1 is 1.21 bits per heavy atom. The molecule has 0 aromatic heterocycles. The fourth-order valence-corrected chi connectivity index (χ4v) is 6.49. The molecule has 1 aromatic rings. The van der Waals surface area contributed by atoms with E-state index in [0.717, 1.165) is 0 Å². The SMILES string of the molecule is CCC(=O)O[C@H]1[C@H]2C(C(=O)c3c(ccc(N[N+]#N)c3O)[C@@H]2C)C(=O)[C@]2(O)C(=O)C(C(N)=O)C(=O)[C@@H](N(C)C)[C@H]12. The van der Waals surface area contributed by atoms with Crippen LogP contribution in [0.3, 0.4) is 0 Å². The Balaban J connectivity index is 2.02. The van der Waals surface area contributed by atoms with Gasteiger partial charge in [0, 0.05) is 12.3 Å². The van der Waals surface area contributed by atoms with E-state index in [9.17, 15) is 39.0 Å². The number of rotatable bonds is 5. The highest BCUT2D eigenvalue weighted by Gasteiger charge is 2.74. The van der Waals surface area contributed by atoms with Crippen molar-refractivity contribution in [1.29, 1.82) is 5.39 Å². The molecule has 1 amide bonds. The number of nitrogens with zero attached hydrogens (tertiary/aromatic N) is 3. The van der Waals surface area contributed by atoms with Gasteiger partial charge >= 0.3 is 11.1 Å². The summed E-state index contributed by atoms with van der Waals surface area (Å²) in [6.45, 7) is 3.10. The smallest absolute Gasteiger partial charge is 0.308 e. The van der Waals surface area contributed by atoms with Crippen LogP contribution in [0, 0.1) is 29.1 Å². The Bertz CT molecular complexity index is 1370. The number of ketones is 4. The Kier molecular flexibility index (Phi) is 6.78. The minimum Gasteiger partial charge on any atom is -0.505 e. The van der Waals surface area contributed by atoms with Gasteiger partial charge in [0.2, 0.25) is 5.91 Å². The summed E-state index contributed by atoms with van der Waals surface area (Å²) in [5.41, 5.74) is 4.15. The lowest BCUT2D eigenvalue weighted by Crippen LogP contribution is -2.78. The van der Waals surface area contributed by atoms with Gasteiger partial charge in [0.15, 0.2) is 46.1 Å². The highest BCUT2D eigenvalue weighted by Crippen LogP contribution is 2.56. The number of anilines is 1. The number of aliphatic hydroxyl groups is 1. The number of carbonyl (C=O) groups is 6. The number of diazo groups is 1. The van der Waals surface area contributed by atoms with Gasteiger partial charge in [-0.1, -0.05) is 19.9 Å². The standard InChI is InChI=1S/C25H27N5O9/c1-5-11(31)39-21-12-8(2)9-6-7-10(28-29-27)18(32)13(9)19(33)14(12)22(35)25(38)16(21)17(30(3)4)20(34)15(23(25)36)24(26)37/h6-8,12,14-17,21,27,38H,5H2,1-4H3,(H2,26,37)/p+1/t8-,12+,14?,15?,16+,17-,21-,25-/m0/s1. The van der Waals surface area contributed by atoms with Gasteiger partial charge in [-0.25, -0.2) is 0 Å². The molecule has 3 aliphatic carbocycles. The topological polar surface area (TPSA) is 222 Å². The van der Waals surface area contributed by atoms with E-state index in [2.05, 4.69) is 10.5 Å². The van der Waals surface area contributed by atoms with Gasteiger partial charge < -0.3 is 20.7 Å². The lowest BCUT2D eigenvalue weighted by molar-refractivity contribution is -0.205. The summed E-state index contributed by atoms with van der Waals surface area (Å²) in [6.07, 6.45) is -1.64. The van der Waals surface area contributed by atoms with Crippen LogP contribution in [0.1, 0.15) is 42.1 Å². The Morgan fingerprint density at radius 3 is 2.38 bits per heavy atom. The van der Waals surface area contributed by atoms with Crippen molar-refractivity contribution in [1.82, 2.24) is 4.90 Å².